The van der Waals surface area contributed by atoms with E-state index in [9.17, 15) is 8.78 Å². The number of benzene rings is 2. The molecule has 0 fully saturated rings. The number of anilines is 3. The van der Waals surface area contributed by atoms with Crippen LogP contribution in [-0.2, 0) is 12.8 Å². The minimum absolute atomic E-state index is 0.218. The molecule has 2 aliphatic rings. The van der Waals surface area contributed by atoms with Crippen LogP contribution in [0.2, 0.25) is 15.7 Å². The molecule has 37 heavy (non-hydrogen) atoms. The van der Waals surface area contributed by atoms with Crippen molar-refractivity contribution in [3.05, 3.63) is 87.3 Å². The van der Waals surface area contributed by atoms with Gasteiger partial charge in [-0.2, -0.15) is 4.98 Å². The van der Waals surface area contributed by atoms with Crippen LogP contribution in [0.4, 0.5) is 26.0 Å². The molecule has 0 spiro atoms. The van der Waals surface area contributed by atoms with Gasteiger partial charge in [0.1, 0.15) is 22.6 Å². The highest BCUT2D eigenvalue weighted by atomic mass is 35.5. The third-order valence-corrected chi connectivity index (χ3v) is 7.86. The van der Waals surface area contributed by atoms with Crippen LogP contribution in [0.1, 0.15) is 11.4 Å². The average Bonchev–Trinajstić information content (AvgIpc) is 3.49. The van der Waals surface area contributed by atoms with Crippen molar-refractivity contribution < 1.29 is 8.78 Å². The maximum Gasteiger partial charge on any atom is 0.224 e. The van der Waals surface area contributed by atoms with Gasteiger partial charge in [0.05, 0.1) is 21.2 Å². The molecule has 0 amide bonds. The molecular weight excluding hydrogens is 581 g/mol. The second-order valence-electron chi connectivity index (χ2n) is 7.56. The first-order chi connectivity index (χ1) is 17.8. The summed E-state index contributed by atoms with van der Waals surface area (Å²) in [4.78, 5) is 18.3. The molecule has 0 aliphatic carbocycles. The molecule has 6 nitrogen and oxygen atoms in total. The van der Waals surface area contributed by atoms with Gasteiger partial charge in [-0.15, -0.1) is 23.5 Å². The van der Waals surface area contributed by atoms with E-state index in [1.807, 2.05) is 0 Å². The molecule has 2 aliphatic heterocycles. The van der Waals surface area contributed by atoms with Crippen molar-refractivity contribution in [2.24, 2.45) is 0 Å². The molecule has 2 aromatic heterocycles. The molecule has 192 valence electrons. The van der Waals surface area contributed by atoms with Crippen molar-refractivity contribution in [1.29, 1.82) is 0 Å². The lowest BCUT2D eigenvalue weighted by atomic mass is 10.3. The highest BCUT2D eigenvalue weighted by Gasteiger charge is 2.20. The number of nitrogens with one attached hydrogen (secondary N) is 1. The van der Waals surface area contributed by atoms with Crippen molar-refractivity contribution in [3.8, 4) is 0 Å². The predicted octanol–water partition coefficient (Wildman–Crippen LogP) is 7.50. The fourth-order valence-corrected chi connectivity index (χ4v) is 6.13. The van der Waals surface area contributed by atoms with E-state index in [0.717, 1.165) is 45.5 Å². The fourth-order valence-electron chi connectivity index (χ4n) is 3.33. The molecule has 0 atom stereocenters. The lowest BCUT2D eigenvalue weighted by Gasteiger charge is -2.09. The molecule has 0 saturated carbocycles. The summed E-state index contributed by atoms with van der Waals surface area (Å²) in [5.74, 6) is 2.08. The van der Waals surface area contributed by atoms with Crippen LogP contribution < -0.4 is 11.1 Å². The number of halogens is 5. The second kappa shape index (κ2) is 12.9. The zero-order valence-corrected chi connectivity index (χ0v) is 22.9. The second-order valence-corrected chi connectivity index (χ2v) is 10.8. The van der Waals surface area contributed by atoms with Gasteiger partial charge in [-0.25, -0.2) is 23.7 Å². The monoisotopic (exact) mass is 598 g/mol. The minimum Gasteiger partial charge on any atom is -0.399 e. The van der Waals surface area contributed by atoms with E-state index in [1.54, 1.807) is 47.8 Å². The quantitative estimate of drug-likeness (QED) is 0.139. The first-order valence-corrected chi connectivity index (χ1v) is 14.0. The van der Waals surface area contributed by atoms with Crippen LogP contribution in [0.5, 0.6) is 0 Å². The molecule has 0 radical (unpaired) electrons. The van der Waals surface area contributed by atoms with Crippen LogP contribution in [0.25, 0.3) is 0 Å². The molecule has 6 rings (SSSR count). The van der Waals surface area contributed by atoms with E-state index < -0.39 is 0 Å². The van der Waals surface area contributed by atoms with Gasteiger partial charge in [0.25, 0.3) is 0 Å². The number of nitrogens with two attached hydrogens (primary N) is 1. The highest BCUT2D eigenvalue weighted by Crippen LogP contribution is 2.37. The highest BCUT2D eigenvalue weighted by molar-refractivity contribution is 8.00. The van der Waals surface area contributed by atoms with Crippen LogP contribution in [0.15, 0.2) is 58.3 Å². The summed E-state index contributed by atoms with van der Waals surface area (Å²) in [5, 5.41) is 4.04. The van der Waals surface area contributed by atoms with Gasteiger partial charge in [-0.3, -0.25) is 0 Å². The van der Waals surface area contributed by atoms with E-state index in [-0.39, 0.29) is 22.2 Å². The van der Waals surface area contributed by atoms with Crippen molar-refractivity contribution >= 4 is 75.5 Å². The number of aromatic nitrogens is 4. The molecular formula is C24H19Cl3F2N6S2. The zero-order valence-electron chi connectivity index (χ0n) is 19.0. The molecule has 0 bridgehead atoms. The summed E-state index contributed by atoms with van der Waals surface area (Å²) in [6.07, 6.45) is 1.84. The number of hydrogen-bond donors (Lipinski definition) is 2. The van der Waals surface area contributed by atoms with Gasteiger partial charge in [0, 0.05) is 35.7 Å². The molecule has 4 heterocycles. The maximum atomic E-state index is 13.1. The van der Waals surface area contributed by atoms with E-state index in [1.165, 1.54) is 24.3 Å². The number of nitrogens with zero attached hydrogens (tertiary/aromatic N) is 4. The standard InChI is InChI=1S/C12H9ClFN3S.C6H4Cl2N2S.C6H6FN/c13-12-16-9-4-5-18-10(9)11(17-12)15-8-3-1-2-7(14)6-8;7-5-4-3(1-2-11-4)9-6(8)10-5;7-5-2-1-3-6(8)4-5/h1-3,6H,4-5H2,(H,15,16,17);1-2H2;1-4H,8H2. The van der Waals surface area contributed by atoms with Gasteiger partial charge in [0.15, 0.2) is 0 Å². The molecule has 13 heteroatoms. The van der Waals surface area contributed by atoms with E-state index in [0.29, 0.717) is 22.3 Å². The van der Waals surface area contributed by atoms with Crippen molar-refractivity contribution in [2.75, 3.05) is 22.6 Å². The SMILES string of the molecule is Clc1nc(Cl)c2c(n1)CCS2.Fc1cccc(Nc2nc(Cl)nc3c2SCC3)c1.Nc1cccc(F)c1. The third kappa shape index (κ3) is 7.81. The summed E-state index contributed by atoms with van der Waals surface area (Å²) in [6, 6.07) is 12.1. The fraction of sp³-hybridized carbons (Fsp3) is 0.167. The Hall–Kier alpha value is -2.37. The van der Waals surface area contributed by atoms with Crippen molar-refractivity contribution in [1.82, 2.24) is 19.9 Å². The summed E-state index contributed by atoms with van der Waals surface area (Å²) in [5.41, 5.74) is 8.28. The molecule has 4 aromatic rings. The smallest absolute Gasteiger partial charge is 0.224 e. The number of rotatable bonds is 2. The Labute approximate surface area is 235 Å². The van der Waals surface area contributed by atoms with Gasteiger partial charge >= 0.3 is 0 Å². The number of hydrogen-bond acceptors (Lipinski definition) is 8. The lowest BCUT2D eigenvalue weighted by Crippen LogP contribution is -2.00. The molecule has 0 unspecified atom stereocenters. The van der Waals surface area contributed by atoms with E-state index in [2.05, 4.69) is 25.3 Å². The summed E-state index contributed by atoms with van der Waals surface area (Å²) < 4.78 is 25.2. The Morgan fingerprint density at radius 1 is 0.757 bits per heavy atom. The maximum absolute atomic E-state index is 13.1. The number of aryl methyl sites for hydroxylation is 2. The Kier molecular flexibility index (Phi) is 9.66. The first-order valence-electron chi connectivity index (χ1n) is 10.9. The summed E-state index contributed by atoms with van der Waals surface area (Å²) in [6.45, 7) is 0. The molecule has 3 N–H and O–H groups in total. The summed E-state index contributed by atoms with van der Waals surface area (Å²) >= 11 is 20.7. The minimum atomic E-state index is -0.288. The van der Waals surface area contributed by atoms with Crippen LogP contribution >= 0.6 is 58.3 Å². The van der Waals surface area contributed by atoms with Gasteiger partial charge < -0.3 is 11.1 Å². The first kappa shape index (κ1) is 27.7. The Morgan fingerprint density at radius 3 is 1.97 bits per heavy atom. The normalized spacial score (nSPS) is 13.0. The Morgan fingerprint density at radius 2 is 1.35 bits per heavy atom. The van der Waals surface area contributed by atoms with Crippen LogP contribution in [0.3, 0.4) is 0 Å². The number of nitrogen functional groups attached to an aromatic ring is 1. The van der Waals surface area contributed by atoms with Gasteiger partial charge in [0.2, 0.25) is 10.6 Å². The summed E-state index contributed by atoms with van der Waals surface area (Å²) in [7, 11) is 0. The van der Waals surface area contributed by atoms with E-state index in [4.69, 9.17) is 40.5 Å². The van der Waals surface area contributed by atoms with Crippen molar-refractivity contribution in [2.45, 2.75) is 22.6 Å². The lowest BCUT2D eigenvalue weighted by molar-refractivity contribution is 0.628. The average molecular weight is 600 g/mol. The van der Waals surface area contributed by atoms with Crippen LogP contribution in [-0.4, -0.2) is 31.4 Å². The van der Waals surface area contributed by atoms with Crippen molar-refractivity contribution in [3.63, 3.8) is 0 Å². The molecule has 0 saturated heterocycles. The zero-order chi connectivity index (χ0) is 26.4. The van der Waals surface area contributed by atoms with Gasteiger partial charge in [-0.1, -0.05) is 23.7 Å². The number of thioether (sulfide) groups is 2. The Bertz CT molecular complexity index is 1400. The van der Waals surface area contributed by atoms with E-state index >= 15 is 0 Å². The largest absolute Gasteiger partial charge is 0.399 e. The molecule has 2 aromatic carbocycles. The number of fused-ring (bicyclic) bond motifs is 2. The topological polar surface area (TPSA) is 89.6 Å². The third-order valence-electron chi connectivity index (χ3n) is 4.88. The Balaban J connectivity index is 0.000000143. The predicted molar refractivity (Wildman–Crippen MR) is 148 cm³/mol. The van der Waals surface area contributed by atoms with Gasteiger partial charge in [-0.05, 0) is 59.6 Å². The van der Waals surface area contributed by atoms with Crippen LogP contribution in [0, 0.1) is 11.6 Å².